The van der Waals surface area contributed by atoms with E-state index in [1.807, 2.05) is 36.8 Å². The van der Waals surface area contributed by atoms with E-state index in [4.69, 9.17) is 11.6 Å². The lowest BCUT2D eigenvalue weighted by Gasteiger charge is -2.24. The second-order valence-corrected chi connectivity index (χ2v) is 11.0. The Kier molecular flexibility index (Phi) is 9.81. The number of hydrogen-bond donors (Lipinski definition) is 1. The predicted molar refractivity (Wildman–Crippen MR) is 144 cm³/mol. The van der Waals surface area contributed by atoms with Crippen molar-refractivity contribution in [2.24, 2.45) is 5.92 Å². The Bertz CT molecular complexity index is 1300. The van der Waals surface area contributed by atoms with Gasteiger partial charge in [-0.1, -0.05) is 54.1 Å². The molecule has 2 amide bonds. The molecule has 10 heteroatoms. The van der Waals surface area contributed by atoms with E-state index in [2.05, 4.69) is 4.98 Å². The van der Waals surface area contributed by atoms with Gasteiger partial charge in [-0.15, -0.1) is 11.3 Å². The number of nitrogens with one attached hydrogen (secondary N) is 1. The van der Waals surface area contributed by atoms with Gasteiger partial charge in [0.2, 0.25) is 11.8 Å². The summed E-state index contributed by atoms with van der Waals surface area (Å²) in [6, 6.07) is 16.3. The third-order valence-electron chi connectivity index (χ3n) is 5.45. The Morgan fingerprint density at radius 3 is 2.39 bits per heavy atom. The normalized spacial score (nSPS) is 12.4. The van der Waals surface area contributed by atoms with E-state index in [-0.39, 0.29) is 6.42 Å². The highest BCUT2D eigenvalue weighted by molar-refractivity contribution is 7.93. The summed E-state index contributed by atoms with van der Waals surface area (Å²) in [6.45, 7) is 4.42. The van der Waals surface area contributed by atoms with Gasteiger partial charge in [0.15, 0.2) is 0 Å². The van der Waals surface area contributed by atoms with E-state index in [1.165, 1.54) is 22.3 Å². The summed E-state index contributed by atoms with van der Waals surface area (Å²) in [4.78, 5) is 32.3. The fourth-order valence-corrected chi connectivity index (χ4v) is 5.33. The smallest absolute Gasteiger partial charge is 0.257 e. The Balaban J connectivity index is 1.77. The van der Waals surface area contributed by atoms with Crippen LogP contribution in [-0.4, -0.2) is 43.2 Å². The van der Waals surface area contributed by atoms with Crippen molar-refractivity contribution in [3.05, 3.63) is 92.2 Å². The van der Waals surface area contributed by atoms with Gasteiger partial charge in [-0.2, -0.15) is 0 Å². The van der Waals surface area contributed by atoms with Gasteiger partial charge in [0.25, 0.3) is 10.0 Å². The molecule has 1 unspecified atom stereocenters. The van der Waals surface area contributed by atoms with Crippen LogP contribution in [0.3, 0.4) is 0 Å². The van der Waals surface area contributed by atoms with Crippen molar-refractivity contribution in [1.29, 1.82) is 0 Å². The number of halogens is 1. The van der Waals surface area contributed by atoms with Gasteiger partial charge < -0.3 is 4.90 Å². The molecule has 0 saturated heterocycles. The van der Waals surface area contributed by atoms with Crippen LogP contribution >= 0.6 is 22.9 Å². The average molecular weight is 546 g/mol. The summed E-state index contributed by atoms with van der Waals surface area (Å²) < 4.78 is 27.2. The molecule has 2 aromatic carbocycles. The Hall–Kier alpha value is -3.01. The van der Waals surface area contributed by atoms with E-state index in [9.17, 15) is 18.0 Å². The summed E-state index contributed by atoms with van der Waals surface area (Å²) >= 11 is 7.37. The molecule has 0 aliphatic rings. The second kappa shape index (κ2) is 12.8. The van der Waals surface area contributed by atoms with Gasteiger partial charge in [-0.25, -0.2) is 18.1 Å². The molecule has 1 atom stereocenters. The molecule has 1 N–H and O–H groups in total. The largest absolute Gasteiger partial charge is 0.343 e. The van der Waals surface area contributed by atoms with Gasteiger partial charge in [-0.3, -0.25) is 9.59 Å². The Morgan fingerprint density at radius 2 is 1.75 bits per heavy atom. The number of sulfonamides is 1. The molecule has 36 heavy (non-hydrogen) atoms. The predicted octanol–water partition coefficient (Wildman–Crippen LogP) is 4.53. The number of carbonyl (C=O) groups is 2. The number of amides is 2. The van der Waals surface area contributed by atoms with Crippen LogP contribution in [0.5, 0.6) is 0 Å². The fourth-order valence-electron chi connectivity index (χ4n) is 3.54. The first-order chi connectivity index (χ1) is 17.2. The second-order valence-electron chi connectivity index (χ2n) is 8.03. The molecule has 0 spiro atoms. The number of thiazole rings is 1. The van der Waals surface area contributed by atoms with Crippen LogP contribution in [-0.2, 0) is 32.5 Å². The van der Waals surface area contributed by atoms with Gasteiger partial charge in [-0.05, 0) is 43.2 Å². The molecule has 3 rings (SSSR count). The number of hydrogen-bond acceptors (Lipinski definition) is 6. The highest BCUT2D eigenvalue weighted by Crippen LogP contribution is 2.20. The van der Waals surface area contributed by atoms with E-state index in [0.29, 0.717) is 35.8 Å². The van der Waals surface area contributed by atoms with Crippen molar-refractivity contribution in [2.75, 3.05) is 13.1 Å². The van der Waals surface area contributed by atoms with Gasteiger partial charge in [0.1, 0.15) is 5.92 Å². The SMILES string of the molecule is CCN(CC)C(=O)C(Cc1csc(Cc2ccc(Cl)cc2)n1)C(=O)NS(=O)(=O)/C=C/c1ccccc1. The highest BCUT2D eigenvalue weighted by atomic mass is 35.5. The minimum absolute atomic E-state index is 0.00377. The van der Waals surface area contributed by atoms with Gasteiger partial charge in [0.05, 0.1) is 16.1 Å². The molecule has 0 saturated carbocycles. The quantitative estimate of drug-likeness (QED) is 0.357. The van der Waals surface area contributed by atoms with Crippen LogP contribution in [0.15, 0.2) is 65.4 Å². The third kappa shape index (κ3) is 8.01. The zero-order valence-electron chi connectivity index (χ0n) is 20.1. The zero-order valence-corrected chi connectivity index (χ0v) is 22.4. The molecule has 1 heterocycles. The Morgan fingerprint density at radius 1 is 1.08 bits per heavy atom. The molecule has 7 nitrogen and oxygen atoms in total. The molecular weight excluding hydrogens is 518 g/mol. The molecule has 0 fully saturated rings. The van der Waals surface area contributed by atoms with Crippen LogP contribution in [0.25, 0.3) is 6.08 Å². The van der Waals surface area contributed by atoms with E-state index in [0.717, 1.165) is 16.0 Å². The molecule has 3 aromatic rings. The zero-order chi connectivity index (χ0) is 26.1. The maximum atomic E-state index is 13.2. The van der Waals surface area contributed by atoms with Crippen molar-refractivity contribution < 1.29 is 18.0 Å². The average Bonchev–Trinajstić information content (AvgIpc) is 3.30. The lowest BCUT2D eigenvalue weighted by molar-refractivity contribution is -0.141. The number of rotatable bonds is 11. The summed E-state index contributed by atoms with van der Waals surface area (Å²) in [5.74, 6) is -2.54. The highest BCUT2D eigenvalue weighted by Gasteiger charge is 2.32. The lowest BCUT2D eigenvalue weighted by Crippen LogP contribution is -2.45. The van der Waals surface area contributed by atoms with Crippen molar-refractivity contribution >= 4 is 50.9 Å². The van der Waals surface area contributed by atoms with Crippen LogP contribution in [0.4, 0.5) is 0 Å². The molecule has 0 aliphatic carbocycles. The first kappa shape index (κ1) is 27.6. The minimum atomic E-state index is -4.11. The first-order valence-electron chi connectivity index (χ1n) is 11.5. The summed E-state index contributed by atoms with van der Waals surface area (Å²) in [5, 5.41) is 4.19. The van der Waals surface area contributed by atoms with Gasteiger partial charge in [0, 0.05) is 36.3 Å². The van der Waals surface area contributed by atoms with E-state index in [1.54, 1.807) is 41.8 Å². The number of nitrogens with zero attached hydrogens (tertiary/aromatic N) is 2. The number of carbonyl (C=O) groups excluding carboxylic acids is 2. The maximum absolute atomic E-state index is 13.2. The van der Waals surface area contributed by atoms with Crippen molar-refractivity contribution in [2.45, 2.75) is 26.7 Å². The molecule has 0 bridgehead atoms. The summed E-state index contributed by atoms with van der Waals surface area (Å²) in [5.41, 5.74) is 2.26. The number of aromatic nitrogens is 1. The topological polar surface area (TPSA) is 96.4 Å². The van der Waals surface area contributed by atoms with Crippen molar-refractivity contribution in [3.8, 4) is 0 Å². The molecule has 190 valence electrons. The summed E-state index contributed by atoms with van der Waals surface area (Å²) in [7, 11) is -4.11. The summed E-state index contributed by atoms with van der Waals surface area (Å²) in [6.07, 6.45) is 1.97. The maximum Gasteiger partial charge on any atom is 0.257 e. The van der Waals surface area contributed by atoms with Gasteiger partial charge >= 0.3 is 0 Å². The van der Waals surface area contributed by atoms with Crippen LogP contribution < -0.4 is 4.72 Å². The molecule has 1 aromatic heterocycles. The first-order valence-corrected chi connectivity index (χ1v) is 14.3. The van der Waals surface area contributed by atoms with Crippen LogP contribution in [0.1, 0.15) is 35.7 Å². The Labute approximate surface area is 220 Å². The van der Waals surface area contributed by atoms with E-state index >= 15 is 0 Å². The van der Waals surface area contributed by atoms with Crippen molar-refractivity contribution in [1.82, 2.24) is 14.6 Å². The molecule has 0 radical (unpaired) electrons. The van der Waals surface area contributed by atoms with Crippen LogP contribution in [0, 0.1) is 5.92 Å². The monoisotopic (exact) mass is 545 g/mol. The van der Waals surface area contributed by atoms with Crippen molar-refractivity contribution in [3.63, 3.8) is 0 Å². The standard InChI is InChI=1S/C26H28ClN3O4S2/c1-3-30(4-2)26(32)23(25(31)29-36(33,34)15-14-19-8-6-5-7-9-19)17-22-18-35-24(28-22)16-20-10-12-21(27)13-11-20/h5-15,18,23H,3-4,16-17H2,1-2H3,(H,29,31)/b15-14+. The van der Waals surface area contributed by atoms with Crippen LogP contribution in [0.2, 0.25) is 5.02 Å². The van der Waals surface area contributed by atoms with E-state index < -0.39 is 27.8 Å². The minimum Gasteiger partial charge on any atom is -0.343 e. The number of benzene rings is 2. The fraction of sp³-hybridized carbons (Fsp3) is 0.269. The molecular formula is C26H28ClN3O4S2. The third-order valence-corrected chi connectivity index (χ3v) is 7.58. The lowest BCUT2D eigenvalue weighted by atomic mass is 10.0. The molecule has 0 aliphatic heterocycles.